The third kappa shape index (κ3) is 3.58. The van der Waals surface area contributed by atoms with E-state index in [0.717, 1.165) is 21.2 Å². The smallest absolute Gasteiger partial charge is 0.125 e. The van der Waals surface area contributed by atoms with E-state index in [9.17, 15) is 5.11 Å². The van der Waals surface area contributed by atoms with Crippen LogP contribution in [0.15, 0.2) is 95.2 Å². The minimum atomic E-state index is 0.193. The number of hydrogen-bond acceptors (Lipinski definition) is 5. The van der Waals surface area contributed by atoms with Crippen molar-refractivity contribution in [3.8, 4) is 28.3 Å². The van der Waals surface area contributed by atoms with E-state index in [4.69, 9.17) is 0 Å². The Hall–Kier alpha value is -3.18. The molecule has 2 heterocycles. The standard InChI is InChI=1S/C21H15N3OS/c25-20-9-2-1-8-17(20)19-14-22-13-18(24-19)15-6-5-7-16(12-15)26-21-10-3-4-11-23-21/h1-14,25H. The van der Waals surface area contributed by atoms with Crippen molar-refractivity contribution in [1.82, 2.24) is 15.0 Å². The zero-order valence-electron chi connectivity index (χ0n) is 13.8. The summed E-state index contributed by atoms with van der Waals surface area (Å²) in [6.45, 7) is 0. The van der Waals surface area contributed by atoms with E-state index < -0.39 is 0 Å². The maximum atomic E-state index is 10.1. The van der Waals surface area contributed by atoms with Crippen LogP contribution in [0.4, 0.5) is 0 Å². The number of rotatable bonds is 4. The lowest BCUT2D eigenvalue weighted by Gasteiger charge is -2.07. The van der Waals surface area contributed by atoms with Crippen molar-refractivity contribution in [3.05, 3.63) is 85.3 Å². The molecule has 0 aliphatic rings. The molecule has 2 aromatic carbocycles. The molecule has 5 heteroatoms. The molecule has 4 aromatic rings. The number of phenolic OH excluding ortho intramolecular Hbond substituents is 1. The predicted octanol–water partition coefficient (Wildman–Crippen LogP) is 5.06. The lowest BCUT2D eigenvalue weighted by molar-refractivity contribution is 0.477. The largest absolute Gasteiger partial charge is 0.507 e. The van der Waals surface area contributed by atoms with Crippen LogP contribution in [0.5, 0.6) is 5.75 Å². The van der Waals surface area contributed by atoms with E-state index >= 15 is 0 Å². The fraction of sp³-hybridized carbons (Fsp3) is 0. The molecule has 0 unspecified atom stereocenters. The summed E-state index contributed by atoms with van der Waals surface area (Å²) in [5, 5.41) is 11.0. The summed E-state index contributed by atoms with van der Waals surface area (Å²) in [6, 6.07) is 21.1. The molecule has 0 spiro atoms. The lowest BCUT2D eigenvalue weighted by Crippen LogP contribution is -1.91. The number of nitrogens with zero attached hydrogens (tertiary/aromatic N) is 3. The molecule has 126 valence electrons. The van der Waals surface area contributed by atoms with Gasteiger partial charge in [-0.25, -0.2) is 9.97 Å². The maximum Gasteiger partial charge on any atom is 0.125 e. The Labute approximate surface area is 155 Å². The van der Waals surface area contributed by atoms with Crippen LogP contribution in [0.1, 0.15) is 0 Å². The molecule has 0 fully saturated rings. The van der Waals surface area contributed by atoms with Crippen LogP contribution in [0.3, 0.4) is 0 Å². The second kappa shape index (κ2) is 7.37. The van der Waals surface area contributed by atoms with Crippen molar-refractivity contribution < 1.29 is 5.11 Å². The first-order chi connectivity index (χ1) is 12.8. The number of aromatic nitrogens is 3. The summed E-state index contributed by atoms with van der Waals surface area (Å²) < 4.78 is 0. The Morgan fingerprint density at radius 3 is 2.50 bits per heavy atom. The van der Waals surface area contributed by atoms with Crippen LogP contribution < -0.4 is 0 Å². The van der Waals surface area contributed by atoms with Crippen molar-refractivity contribution in [2.45, 2.75) is 9.92 Å². The van der Waals surface area contributed by atoms with Crippen molar-refractivity contribution in [2.24, 2.45) is 0 Å². The molecule has 0 radical (unpaired) electrons. The fourth-order valence-electron chi connectivity index (χ4n) is 2.57. The van der Waals surface area contributed by atoms with Crippen molar-refractivity contribution in [3.63, 3.8) is 0 Å². The average molecular weight is 357 g/mol. The minimum Gasteiger partial charge on any atom is -0.507 e. The molecule has 0 aliphatic heterocycles. The van der Waals surface area contributed by atoms with E-state index in [2.05, 4.69) is 21.0 Å². The molecule has 26 heavy (non-hydrogen) atoms. The molecule has 0 bridgehead atoms. The van der Waals surface area contributed by atoms with Crippen LogP contribution in [0.25, 0.3) is 22.5 Å². The van der Waals surface area contributed by atoms with E-state index in [1.807, 2.05) is 48.5 Å². The highest BCUT2D eigenvalue weighted by Gasteiger charge is 2.08. The van der Waals surface area contributed by atoms with Crippen LogP contribution in [-0.4, -0.2) is 20.1 Å². The molecule has 4 nitrogen and oxygen atoms in total. The van der Waals surface area contributed by atoms with Crippen molar-refractivity contribution in [1.29, 1.82) is 0 Å². The summed E-state index contributed by atoms with van der Waals surface area (Å²) >= 11 is 1.60. The number of benzene rings is 2. The van der Waals surface area contributed by atoms with Gasteiger partial charge in [0.25, 0.3) is 0 Å². The molecule has 0 saturated carbocycles. The first-order valence-electron chi connectivity index (χ1n) is 8.09. The molecule has 0 aliphatic carbocycles. The fourth-order valence-corrected chi connectivity index (χ4v) is 3.41. The van der Waals surface area contributed by atoms with Gasteiger partial charge in [0.2, 0.25) is 0 Å². The van der Waals surface area contributed by atoms with Crippen LogP contribution in [0.2, 0.25) is 0 Å². The normalized spacial score (nSPS) is 10.6. The third-order valence-electron chi connectivity index (χ3n) is 3.80. The maximum absolute atomic E-state index is 10.1. The van der Waals surface area contributed by atoms with E-state index in [1.165, 1.54) is 0 Å². The second-order valence-corrected chi connectivity index (χ2v) is 6.70. The number of para-hydroxylation sites is 1. The van der Waals surface area contributed by atoms with Gasteiger partial charge in [-0.2, -0.15) is 0 Å². The van der Waals surface area contributed by atoms with Gasteiger partial charge in [-0.1, -0.05) is 42.1 Å². The highest BCUT2D eigenvalue weighted by molar-refractivity contribution is 7.99. The Bertz CT molecular complexity index is 1040. The Morgan fingerprint density at radius 2 is 1.65 bits per heavy atom. The van der Waals surface area contributed by atoms with Gasteiger partial charge in [-0.05, 0) is 36.4 Å². The minimum absolute atomic E-state index is 0.193. The Morgan fingerprint density at radius 1 is 0.808 bits per heavy atom. The van der Waals surface area contributed by atoms with Gasteiger partial charge in [0.1, 0.15) is 10.8 Å². The predicted molar refractivity (Wildman–Crippen MR) is 103 cm³/mol. The van der Waals surface area contributed by atoms with Gasteiger partial charge in [0, 0.05) is 22.2 Å². The van der Waals surface area contributed by atoms with Gasteiger partial charge < -0.3 is 5.11 Å². The summed E-state index contributed by atoms with van der Waals surface area (Å²) in [5.41, 5.74) is 3.04. The van der Waals surface area contributed by atoms with E-state index in [1.54, 1.807) is 42.5 Å². The van der Waals surface area contributed by atoms with Gasteiger partial charge in [0.15, 0.2) is 0 Å². The Kier molecular flexibility index (Phi) is 4.62. The van der Waals surface area contributed by atoms with Gasteiger partial charge in [0.05, 0.1) is 23.8 Å². The zero-order valence-corrected chi connectivity index (χ0v) is 14.6. The summed E-state index contributed by atoms with van der Waals surface area (Å²) in [5.74, 6) is 0.193. The molecular formula is C21H15N3OS. The summed E-state index contributed by atoms with van der Waals surface area (Å²) in [7, 11) is 0. The van der Waals surface area contributed by atoms with Crippen LogP contribution >= 0.6 is 11.8 Å². The summed E-state index contributed by atoms with van der Waals surface area (Å²) in [4.78, 5) is 14.4. The number of pyridine rings is 1. The first-order valence-corrected chi connectivity index (χ1v) is 8.91. The third-order valence-corrected chi connectivity index (χ3v) is 4.74. The monoisotopic (exact) mass is 357 g/mol. The first kappa shape index (κ1) is 16.3. The lowest BCUT2D eigenvalue weighted by atomic mass is 10.1. The second-order valence-electron chi connectivity index (χ2n) is 5.60. The number of phenols is 1. The number of hydrogen-bond donors (Lipinski definition) is 1. The highest BCUT2D eigenvalue weighted by atomic mass is 32.2. The van der Waals surface area contributed by atoms with Crippen LogP contribution in [-0.2, 0) is 0 Å². The average Bonchev–Trinajstić information content (AvgIpc) is 2.69. The van der Waals surface area contributed by atoms with Gasteiger partial charge >= 0.3 is 0 Å². The molecular weight excluding hydrogens is 342 g/mol. The zero-order chi connectivity index (χ0) is 17.8. The quantitative estimate of drug-likeness (QED) is 0.553. The van der Waals surface area contributed by atoms with E-state index in [-0.39, 0.29) is 5.75 Å². The molecule has 0 amide bonds. The van der Waals surface area contributed by atoms with Crippen molar-refractivity contribution >= 4 is 11.8 Å². The molecule has 0 atom stereocenters. The van der Waals surface area contributed by atoms with Crippen LogP contribution in [0, 0.1) is 0 Å². The SMILES string of the molecule is Oc1ccccc1-c1cncc(-c2cccc(Sc3ccccn3)c2)n1. The molecule has 1 N–H and O–H groups in total. The topological polar surface area (TPSA) is 58.9 Å². The highest BCUT2D eigenvalue weighted by Crippen LogP contribution is 2.31. The Balaban J connectivity index is 1.67. The van der Waals surface area contributed by atoms with Gasteiger partial charge in [-0.3, -0.25) is 4.98 Å². The van der Waals surface area contributed by atoms with E-state index in [0.29, 0.717) is 11.3 Å². The molecule has 0 saturated heterocycles. The van der Waals surface area contributed by atoms with Gasteiger partial charge in [-0.15, -0.1) is 0 Å². The van der Waals surface area contributed by atoms with Crippen molar-refractivity contribution in [2.75, 3.05) is 0 Å². The summed E-state index contributed by atoms with van der Waals surface area (Å²) in [6.07, 6.45) is 5.17. The molecule has 2 aromatic heterocycles. The number of aromatic hydroxyl groups is 1. The molecule has 4 rings (SSSR count).